The first kappa shape index (κ1) is 18.0. The molecule has 0 aliphatic rings. The lowest BCUT2D eigenvalue weighted by Crippen LogP contribution is -2.20. The summed E-state index contributed by atoms with van der Waals surface area (Å²) in [7, 11) is 0. The van der Waals surface area contributed by atoms with Crippen LogP contribution in [0.15, 0.2) is 77.9 Å². The number of rotatable bonds is 5. The highest BCUT2D eigenvalue weighted by molar-refractivity contribution is 6.08. The first-order valence-electron chi connectivity index (χ1n) is 9.49. The van der Waals surface area contributed by atoms with Gasteiger partial charge in [-0.25, -0.2) is 5.43 Å². The van der Waals surface area contributed by atoms with E-state index in [-0.39, 0.29) is 5.91 Å². The van der Waals surface area contributed by atoms with Crippen molar-refractivity contribution in [3.8, 4) is 0 Å². The van der Waals surface area contributed by atoms with E-state index in [4.69, 9.17) is 0 Å². The minimum atomic E-state index is -0.0895. The van der Waals surface area contributed by atoms with Gasteiger partial charge in [0.1, 0.15) is 0 Å². The van der Waals surface area contributed by atoms with Gasteiger partial charge in [-0.3, -0.25) is 4.79 Å². The number of carbonyl (C=O) groups is 1. The van der Waals surface area contributed by atoms with Crippen LogP contribution in [0, 0.1) is 6.92 Å². The van der Waals surface area contributed by atoms with E-state index in [9.17, 15) is 4.79 Å². The third kappa shape index (κ3) is 3.54. The number of nitrogens with one attached hydrogen (secondary N) is 1. The fourth-order valence-corrected chi connectivity index (χ4v) is 3.52. The average molecular weight is 369 g/mol. The normalized spacial score (nSPS) is 11.9. The van der Waals surface area contributed by atoms with E-state index in [0.717, 1.165) is 22.3 Å². The van der Waals surface area contributed by atoms with Gasteiger partial charge in [0.15, 0.2) is 0 Å². The van der Waals surface area contributed by atoms with Gasteiger partial charge in [0.2, 0.25) is 5.91 Å². The van der Waals surface area contributed by atoms with Gasteiger partial charge in [0.25, 0.3) is 0 Å². The van der Waals surface area contributed by atoms with Crippen LogP contribution < -0.4 is 5.43 Å². The molecule has 1 aromatic heterocycles. The molecule has 0 radical (unpaired) electrons. The number of benzene rings is 3. The van der Waals surface area contributed by atoms with Gasteiger partial charge < -0.3 is 4.57 Å². The molecule has 0 atom stereocenters. The molecule has 4 rings (SSSR count). The Balaban J connectivity index is 1.49. The summed E-state index contributed by atoms with van der Waals surface area (Å²) >= 11 is 0. The number of fused-ring (bicyclic) bond motifs is 3. The van der Waals surface area contributed by atoms with Crippen molar-refractivity contribution in [3.63, 3.8) is 0 Å². The zero-order valence-corrected chi connectivity index (χ0v) is 16.1. The Morgan fingerprint density at radius 1 is 0.893 bits per heavy atom. The Hall–Kier alpha value is -3.40. The molecule has 0 saturated carbocycles. The number of aromatic nitrogens is 1. The maximum absolute atomic E-state index is 12.4. The predicted octanol–water partition coefficient (Wildman–Crippen LogP) is 5.03. The van der Waals surface area contributed by atoms with Gasteiger partial charge in [-0.15, -0.1) is 0 Å². The molecule has 1 amide bonds. The van der Waals surface area contributed by atoms with E-state index in [1.54, 1.807) is 0 Å². The number of amides is 1. The Bertz CT molecular complexity index is 1120. The van der Waals surface area contributed by atoms with Crippen LogP contribution in [0.2, 0.25) is 0 Å². The number of carbonyl (C=O) groups excluding carboxylic acids is 1. The quantitative estimate of drug-likeness (QED) is 0.389. The van der Waals surface area contributed by atoms with Crippen molar-refractivity contribution >= 4 is 33.4 Å². The molecule has 0 saturated heterocycles. The largest absolute Gasteiger partial charge is 0.340 e. The van der Waals surface area contributed by atoms with Crippen LogP contribution in [-0.2, 0) is 11.3 Å². The smallest absolute Gasteiger partial charge is 0.241 e. The van der Waals surface area contributed by atoms with Crippen molar-refractivity contribution in [3.05, 3.63) is 83.9 Å². The van der Waals surface area contributed by atoms with E-state index in [1.165, 1.54) is 16.3 Å². The zero-order chi connectivity index (χ0) is 19.5. The molecule has 0 aliphatic carbocycles. The maximum atomic E-state index is 12.4. The van der Waals surface area contributed by atoms with Crippen LogP contribution in [0.3, 0.4) is 0 Å². The van der Waals surface area contributed by atoms with Crippen LogP contribution in [0.25, 0.3) is 21.8 Å². The predicted molar refractivity (Wildman–Crippen MR) is 116 cm³/mol. The van der Waals surface area contributed by atoms with Crippen LogP contribution in [0.5, 0.6) is 0 Å². The van der Waals surface area contributed by atoms with E-state index in [1.807, 2.05) is 62.4 Å². The van der Waals surface area contributed by atoms with Crippen molar-refractivity contribution < 1.29 is 4.79 Å². The second-order valence-corrected chi connectivity index (χ2v) is 7.03. The molecule has 0 fully saturated rings. The SMILES string of the molecule is C/C(=N\NC(=O)CCn1c2ccccc2c2ccccc21)c1ccc(C)cc1. The number of nitrogens with zero attached hydrogens (tertiary/aromatic N) is 2. The summed E-state index contributed by atoms with van der Waals surface area (Å²) in [5.41, 5.74) is 7.99. The molecular weight excluding hydrogens is 346 g/mol. The van der Waals surface area contributed by atoms with Gasteiger partial charge >= 0.3 is 0 Å². The molecule has 0 unspecified atom stereocenters. The summed E-state index contributed by atoms with van der Waals surface area (Å²) in [6.45, 7) is 4.56. The number of para-hydroxylation sites is 2. The second-order valence-electron chi connectivity index (χ2n) is 7.03. The minimum absolute atomic E-state index is 0.0895. The van der Waals surface area contributed by atoms with E-state index < -0.39 is 0 Å². The molecule has 0 bridgehead atoms. The van der Waals surface area contributed by atoms with Crippen molar-refractivity contribution in [2.75, 3.05) is 0 Å². The molecule has 1 N–H and O–H groups in total. The first-order valence-corrected chi connectivity index (χ1v) is 9.49. The number of aryl methyl sites for hydroxylation is 2. The van der Waals surface area contributed by atoms with Crippen molar-refractivity contribution in [1.29, 1.82) is 0 Å². The molecule has 1 heterocycles. The van der Waals surface area contributed by atoms with Crippen molar-refractivity contribution in [2.45, 2.75) is 26.8 Å². The van der Waals surface area contributed by atoms with Gasteiger partial charge in [0, 0.05) is 34.8 Å². The third-order valence-corrected chi connectivity index (χ3v) is 5.06. The third-order valence-electron chi connectivity index (χ3n) is 5.06. The van der Waals surface area contributed by atoms with Gasteiger partial charge in [0.05, 0.1) is 5.71 Å². The lowest BCUT2D eigenvalue weighted by molar-refractivity contribution is -0.121. The van der Waals surface area contributed by atoms with Gasteiger partial charge in [-0.05, 0) is 31.5 Å². The topological polar surface area (TPSA) is 46.4 Å². The van der Waals surface area contributed by atoms with E-state index in [2.05, 4.69) is 39.4 Å². The van der Waals surface area contributed by atoms with Crippen LogP contribution in [0.1, 0.15) is 24.5 Å². The fourth-order valence-electron chi connectivity index (χ4n) is 3.52. The highest BCUT2D eigenvalue weighted by Gasteiger charge is 2.11. The summed E-state index contributed by atoms with van der Waals surface area (Å²) in [4.78, 5) is 12.4. The minimum Gasteiger partial charge on any atom is -0.340 e. The maximum Gasteiger partial charge on any atom is 0.241 e. The monoisotopic (exact) mass is 369 g/mol. The number of hydrogen-bond donors (Lipinski definition) is 1. The van der Waals surface area contributed by atoms with E-state index in [0.29, 0.717) is 13.0 Å². The van der Waals surface area contributed by atoms with Crippen molar-refractivity contribution in [2.24, 2.45) is 5.10 Å². The van der Waals surface area contributed by atoms with Crippen molar-refractivity contribution in [1.82, 2.24) is 9.99 Å². The fraction of sp³-hybridized carbons (Fsp3) is 0.167. The molecule has 4 heteroatoms. The van der Waals surface area contributed by atoms with Crippen LogP contribution in [0.4, 0.5) is 0 Å². The Morgan fingerprint density at radius 3 is 2.07 bits per heavy atom. The molecule has 140 valence electrons. The summed E-state index contributed by atoms with van der Waals surface area (Å²) in [6, 6.07) is 24.7. The molecule has 0 spiro atoms. The Kier molecular flexibility index (Phi) is 4.94. The first-order chi connectivity index (χ1) is 13.6. The summed E-state index contributed by atoms with van der Waals surface area (Å²) in [5.74, 6) is -0.0895. The summed E-state index contributed by atoms with van der Waals surface area (Å²) in [5, 5.41) is 6.69. The molecule has 4 aromatic rings. The summed E-state index contributed by atoms with van der Waals surface area (Å²) < 4.78 is 2.21. The standard InChI is InChI=1S/C24H23N3O/c1-17-11-13-19(14-12-17)18(2)25-26-24(28)15-16-27-22-9-5-3-7-20(22)21-8-4-6-10-23(21)27/h3-14H,15-16H2,1-2H3,(H,26,28)/b25-18+. The lowest BCUT2D eigenvalue weighted by atomic mass is 10.1. The van der Waals surface area contributed by atoms with Crippen LogP contribution in [-0.4, -0.2) is 16.2 Å². The average Bonchev–Trinajstić information content (AvgIpc) is 3.05. The molecule has 28 heavy (non-hydrogen) atoms. The lowest BCUT2D eigenvalue weighted by Gasteiger charge is -2.07. The number of hydrazone groups is 1. The van der Waals surface area contributed by atoms with E-state index >= 15 is 0 Å². The second kappa shape index (κ2) is 7.69. The Labute approximate surface area is 164 Å². The number of hydrogen-bond acceptors (Lipinski definition) is 2. The molecule has 3 aromatic carbocycles. The summed E-state index contributed by atoms with van der Waals surface area (Å²) in [6.07, 6.45) is 0.368. The molecule has 0 aliphatic heterocycles. The van der Waals surface area contributed by atoms with Gasteiger partial charge in [-0.1, -0.05) is 66.2 Å². The zero-order valence-electron chi connectivity index (χ0n) is 16.1. The molecule has 4 nitrogen and oxygen atoms in total. The molecular formula is C24H23N3O. The highest BCUT2D eigenvalue weighted by Crippen LogP contribution is 2.28. The van der Waals surface area contributed by atoms with Gasteiger partial charge in [-0.2, -0.15) is 5.10 Å². The van der Waals surface area contributed by atoms with Crippen LogP contribution >= 0.6 is 0 Å². The Morgan fingerprint density at radius 2 is 1.46 bits per heavy atom. The highest BCUT2D eigenvalue weighted by atomic mass is 16.2.